The molecular formula is C22H16O8. The Kier molecular flexibility index (Phi) is 7.02. The highest BCUT2D eigenvalue weighted by Crippen LogP contribution is 2.24. The number of carbonyl (C=O) groups is 4. The zero-order valence-electron chi connectivity index (χ0n) is 15.4. The molecular weight excluding hydrogens is 392 g/mol. The highest BCUT2D eigenvalue weighted by atomic mass is 16.4. The third-order valence-corrected chi connectivity index (χ3v) is 3.96. The first-order valence-electron chi connectivity index (χ1n) is 8.43. The molecule has 3 aromatic carbocycles. The van der Waals surface area contributed by atoms with Crippen LogP contribution in [0.1, 0.15) is 41.4 Å². The number of hydrogen-bond acceptors (Lipinski definition) is 4. The van der Waals surface area contributed by atoms with Gasteiger partial charge in [0.1, 0.15) is 0 Å². The van der Waals surface area contributed by atoms with Crippen LogP contribution in [-0.2, 0) is 0 Å². The van der Waals surface area contributed by atoms with Crippen LogP contribution in [0.5, 0.6) is 0 Å². The van der Waals surface area contributed by atoms with Crippen LogP contribution >= 0.6 is 0 Å². The summed E-state index contributed by atoms with van der Waals surface area (Å²) in [5.41, 5.74) is 1.37. The predicted octanol–water partition coefficient (Wildman–Crippen LogP) is 3.83. The van der Waals surface area contributed by atoms with Crippen molar-refractivity contribution >= 4 is 23.9 Å². The van der Waals surface area contributed by atoms with Crippen molar-refractivity contribution in [3.8, 4) is 11.1 Å². The Morgan fingerprint density at radius 3 is 1.33 bits per heavy atom. The second-order valence-electron chi connectivity index (χ2n) is 5.92. The molecule has 0 fully saturated rings. The number of carboxylic acids is 4. The van der Waals surface area contributed by atoms with E-state index in [4.69, 9.17) is 20.4 Å². The van der Waals surface area contributed by atoms with Gasteiger partial charge < -0.3 is 20.4 Å². The van der Waals surface area contributed by atoms with Crippen molar-refractivity contribution in [2.75, 3.05) is 0 Å². The van der Waals surface area contributed by atoms with Crippen LogP contribution in [0.3, 0.4) is 0 Å². The molecule has 0 heterocycles. The van der Waals surface area contributed by atoms with Crippen molar-refractivity contribution in [3.05, 3.63) is 95.1 Å². The first-order chi connectivity index (χ1) is 14.2. The Labute approximate surface area is 170 Å². The number of rotatable bonds is 5. The highest BCUT2D eigenvalue weighted by Gasteiger charge is 2.14. The summed E-state index contributed by atoms with van der Waals surface area (Å²) in [7, 11) is 0. The van der Waals surface area contributed by atoms with Crippen LogP contribution < -0.4 is 0 Å². The summed E-state index contributed by atoms with van der Waals surface area (Å²) in [4.78, 5) is 42.7. The molecule has 0 aliphatic carbocycles. The predicted molar refractivity (Wildman–Crippen MR) is 106 cm³/mol. The third-order valence-electron chi connectivity index (χ3n) is 3.96. The van der Waals surface area contributed by atoms with Gasteiger partial charge in [-0.2, -0.15) is 0 Å². The molecule has 0 aliphatic heterocycles. The van der Waals surface area contributed by atoms with Crippen LogP contribution in [0, 0.1) is 0 Å². The lowest BCUT2D eigenvalue weighted by Crippen LogP contribution is -2.04. The molecule has 4 N–H and O–H groups in total. The zero-order valence-corrected chi connectivity index (χ0v) is 15.4. The van der Waals surface area contributed by atoms with E-state index < -0.39 is 23.9 Å². The van der Waals surface area contributed by atoms with Crippen LogP contribution in [0.4, 0.5) is 0 Å². The summed E-state index contributed by atoms with van der Waals surface area (Å²) < 4.78 is 0. The minimum Gasteiger partial charge on any atom is -0.478 e. The van der Waals surface area contributed by atoms with E-state index in [1.54, 1.807) is 24.3 Å². The fourth-order valence-electron chi connectivity index (χ4n) is 2.48. The molecule has 0 saturated carbocycles. The lowest BCUT2D eigenvalue weighted by molar-refractivity contribution is 0.0681. The van der Waals surface area contributed by atoms with Crippen LogP contribution in [0.2, 0.25) is 0 Å². The van der Waals surface area contributed by atoms with E-state index in [9.17, 15) is 19.2 Å². The molecule has 0 amide bonds. The zero-order chi connectivity index (χ0) is 22.3. The number of benzene rings is 3. The SMILES string of the molecule is O=C(O)c1ccc(-c2ccccc2)c(C(=O)O)c1.O=C(O)c1ccc(C(=O)O)cc1. The number of carboxylic acid groups (broad SMARTS) is 4. The van der Waals surface area contributed by atoms with Crippen molar-refractivity contribution in [1.29, 1.82) is 0 Å². The molecule has 0 saturated heterocycles. The van der Waals surface area contributed by atoms with E-state index in [0.29, 0.717) is 5.56 Å². The lowest BCUT2D eigenvalue weighted by atomic mass is 9.97. The Morgan fingerprint density at radius 2 is 0.933 bits per heavy atom. The summed E-state index contributed by atoms with van der Waals surface area (Å²) >= 11 is 0. The van der Waals surface area contributed by atoms with Crippen molar-refractivity contribution in [3.63, 3.8) is 0 Å². The van der Waals surface area contributed by atoms with Crippen LogP contribution in [0.25, 0.3) is 11.1 Å². The quantitative estimate of drug-likeness (QED) is 0.497. The largest absolute Gasteiger partial charge is 0.478 e. The average molecular weight is 408 g/mol. The molecule has 0 aromatic heterocycles. The molecule has 8 heteroatoms. The number of hydrogen-bond donors (Lipinski definition) is 4. The molecule has 0 spiro atoms. The van der Waals surface area contributed by atoms with Gasteiger partial charge in [0.2, 0.25) is 0 Å². The summed E-state index contributed by atoms with van der Waals surface area (Å²) in [5, 5.41) is 34.9. The standard InChI is InChI=1S/C14H10O4.C8H6O4/c15-13(16)10-6-7-11(12(8-10)14(17)18)9-4-2-1-3-5-9;9-7(10)5-1-2-6(4-3-5)8(11)12/h1-8H,(H,15,16)(H,17,18);1-4H,(H,9,10)(H,11,12). The van der Waals surface area contributed by atoms with Crippen molar-refractivity contribution in [2.45, 2.75) is 0 Å². The molecule has 0 aliphatic rings. The first-order valence-corrected chi connectivity index (χ1v) is 8.43. The normalized spacial score (nSPS) is 9.73. The van der Waals surface area contributed by atoms with Crippen molar-refractivity contribution in [1.82, 2.24) is 0 Å². The van der Waals surface area contributed by atoms with Crippen LogP contribution in [0.15, 0.2) is 72.8 Å². The Hall–Kier alpha value is -4.46. The number of aromatic carboxylic acids is 4. The van der Waals surface area contributed by atoms with Gasteiger partial charge in [-0.05, 0) is 47.5 Å². The van der Waals surface area contributed by atoms with E-state index >= 15 is 0 Å². The van der Waals surface area contributed by atoms with E-state index in [1.165, 1.54) is 42.5 Å². The summed E-state index contributed by atoms with van der Waals surface area (Å²) in [6.07, 6.45) is 0. The van der Waals surface area contributed by atoms with Gasteiger partial charge in [0.25, 0.3) is 0 Å². The fraction of sp³-hybridized carbons (Fsp3) is 0. The lowest BCUT2D eigenvalue weighted by Gasteiger charge is -2.07. The van der Waals surface area contributed by atoms with E-state index in [-0.39, 0.29) is 22.3 Å². The van der Waals surface area contributed by atoms with E-state index in [0.717, 1.165) is 5.56 Å². The topological polar surface area (TPSA) is 149 Å². The van der Waals surface area contributed by atoms with Gasteiger partial charge in [-0.25, -0.2) is 19.2 Å². The Balaban J connectivity index is 0.000000232. The maximum atomic E-state index is 11.2. The highest BCUT2D eigenvalue weighted by molar-refractivity contribution is 5.99. The second-order valence-corrected chi connectivity index (χ2v) is 5.92. The van der Waals surface area contributed by atoms with Gasteiger partial charge >= 0.3 is 23.9 Å². The second kappa shape index (κ2) is 9.65. The van der Waals surface area contributed by atoms with Gasteiger partial charge in [0.15, 0.2) is 0 Å². The van der Waals surface area contributed by atoms with Gasteiger partial charge in [-0.3, -0.25) is 0 Å². The first kappa shape index (κ1) is 21.8. The van der Waals surface area contributed by atoms with Gasteiger partial charge in [-0.1, -0.05) is 36.4 Å². The minimum absolute atomic E-state index is 0.0129. The smallest absolute Gasteiger partial charge is 0.336 e. The molecule has 30 heavy (non-hydrogen) atoms. The third kappa shape index (κ3) is 5.52. The average Bonchev–Trinajstić information content (AvgIpc) is 2.74. The molecule has 0 bridgehead atoms. The van der Waals surface area contributed by atoms with Gasteiger partial charge in [0.05, 0.1) is 22.3 Å². The van der Waals surface area contributed by atoms with Crippen molar-refractivity contribution in [2.24, 2.45) is 0 Å². The fourth-order valence-corrected chi connectivity index (χ4v) is 2.48. The molecule has 8 nitrogen and oxygen atoms in total. The summed E-state index contributed by atoms with van der Waals surface area (Å²) in [6.45, 7) is 0. The van der Waals surface area contributed by atoms with E-state index in [2.05, 4.69) is 0 Å². The minimum atomic E-state index is -1.14. The van der Waals surface area contributed by atoms with Crippen LogP contribution in [-0.4, -0.2) is 44.3 Å². The van der Waals surface area contributed by atoms with E-state index in [1.807, 2.05) is 6.07 Å². The monoisotopic (exact) mass is 408 g/mol. The summed E-state index contributed by atoms with van der Waals surface area (Å²) in [5.74, 6) is -4.41. The molecule has 0 radical (unpaired) electrons. The van der Waals surface area contributed by atoms with Gasteiger partial charge in [-0.15, -0.1) is 0 Å². The molecule has 0 atom stereocenters. The maximum absolute atomic E-state index is 11.2. The van der Waals surface area contributed by atoms with Gasteiger partial charge in [0, 0.05) is 0 Å². The Morgan fingerprint density at radius 1 is 0.500 bits per heavy atom. The molecule has 152 valence electrons. The maximum Gasteiger partial charge on any atom is 0.336 e. The molecule has 3 aromatic rings. The Bertz CT molecular complexity index is 1050. The molecule has 3 rings (SSSR count). The summed E-state index contributed by atoms with van der Waals surface area (Å²) in [6, 6.07) is 18.1. The van der Waals surface area contributed by atoms with Crippen molar-refractivity contribution < 1.29 is 39.6 Å². The molecule has 0 unspecified atom stereocenters.